The lowest BCUT2D eigenvalue weighted by Gasteiger charge is -2.33. The molecule has 4 rings (SSSR count). The minimum Gasteiger partial charge on any atom is -0.411 e. The lowest BCUT2D eigenvalue weighted by molar-refractivity contribution is -0.0242. The van der Waals surface area contributed by atoms with Crippen LogP contribution in [-0.4, -0.2) is 73.6 Å². The Morgan fingerprint density at radius 1 is 1.31 bits per heavy atom. The molecule has 139 valence electrons. The van der Waals surface area contributed by atoms with Gasteiger partial charge >= 0.3 is 27.6 Å². The van der Waals surface area contributed by atoms with E-state index >= 15 is 0 Å². The van der Waals surface area contributed by atoms with Crippen LogP contribution in [0.25, 0.3) is 0 Å². The maximum Gasteiger partial charge on any atom is 0.465 e. The molecule has 26 heavy (non-hydrogen) atoms. The molecule has 1 fully saturated rings. The summed E-state index contributed by atoms with van der Waals surface area (Å²) >= 11 is 1.60. The minimum atomic E-state index is -0.221. The lowest BCUT2D eigenvalue weighted by Crippen LogP contribution is -2.45. The third-order valence-electron chi connectivity index (χ3n) is 5.50. The van der Waals surface area contributed by atoms with E-state index in [-0.39, 0.29) is 33.7 Å². The highest BCUT2D eigenvalue weighted by Crippen LogP contribution is 2.46. The first kappa shape index (κ1) is 18.1. The third kappa shape index (κ3) is 2.73. The van der Waals surface area contributed by atoms with Gasteiger partial charge in [0.05, 0.1) is 6.54 Å². The van der Waals surface area contributed by atoms with E-state index in [1.807, 2.05) is 45.7 Å². The number of urea groups is 2. The van der Waals surface area contributed by atoms with Gasteiger partial charge in [0.25, 0.3) is 0 Å². The van der Waals surface area contributed by atoms with Crippen molar-refractivity contribution in [3.05, 3.63) is 20.9 Å². The van der Waals surface area contributed by atoms with E-state index in [2.05, 4.69) is 0 Å². The molecular weight excluding hydrogens is 367 g/mol. The highest BCUT2D eigenvalue weighted by molar-refractivity contribution is 7.12. The van der Waals surface area contributed by atoms with Gasteiger partial charge in [-0.2, -0.15) is 0 Å². The normalized spacial score (nSPS) is 21.0. The standard InChI is InChI=1S/C16H21N4O3S.CH3.Al/c1-3-17(4-2)15(21)18-6-5-13-10(7-18)11-8-19-9-12(14(11)24-13)20(23)16(19)22;;/h12H,3-9H2,1-2H3;1H3;/q-1;;+1. The number of carbonyl (C=O) groups excluding carboxylic acids is 2. The van der Waals surface area contributed by atoms with E-state index in [0.29, 0.717) is 19.6 Å². The van der Waals surface area contributed by atoms with E-state index in [1.54, 1.807) is 5.06 Å². The second-order valence-electron chi connectivity index (χ2n) is 6.82. The Hall–Kier alpha value is -1.27. The Balaban J connectivity index is 1.62. The van der Waals surface area contributed by atoms with E-state index in [0.717, 1.165) is 26.1 Å². The van der Waals surface area contributed by atoms with Crippen LogP contribution in [0.4, 0.5) is 9.59 Å². The maximum atomic E-state index is 12.8. The predicted octanol–water partition coefficient (Wildman–Crippen LogP) is 2.46. The molecule has 9 heteroatoms. The van der Waals surface area contributed by atoms with Crippen LogP contribution in [0.3, 0.4) is 0 Å². The maximum absolute atomic E-state index is 12.8. The third-order valence-corrected chi connectivity index (χ3v) is 7.37. The molecule has 0 aliphatic carbocycles. The largest absolute Gasteiger partial charge is 0.465 e. The highest BCUT2D eigenvalue weighted by Gasteiger charge is 2.46. The first-order valence-corrected chi connectivity index (χ1v) is 11.7. The molecule has 1 aromatic heterocycles. The Kier molecular flexibility index (Phi) is 4.91. The van der Waals surface area contributed by atoms with Crippen LogP contribution in [0.15, 0.2) is 0 Å². The number of fused-ring (bicyclic) bond motifs is 6. The summed E-state index contributed by atoms with van der Waals surface area (Å²) in [6.07, 6.45) is 0.903. The molecule has 1 atom stereocenters. The molecule has 3 aliphatic rings. The zero-order valence-electron chi connectivity index (χ0n) is 15.5. The quantitative estimate of drug-likeness (QED) is 0.741. The summed E-state index contributed by atoms with van der Waals surface area (Å²) in [5.41, 5.74) is 2.52. The number of amides is 4. The van der Waals surface area contributed by atoms with Gasteiger partial charge in [0.2, 0.25) is 0 Å². The van der Waals surface area contributed by atoms with Crippen LogP contribution < -0.4 is 0 Å². The summed E-state index contributed by atoms with van der Waals surface area (Å²) in [6.45, 7) is 8.29. The summed E-state index contributed by atoms with van der Waals surface area (Å²) in [6, 6.07) is 0.116. The van der Waals surface area contributed by atoms with Crippen LogP contribution in [0.2, 0.25) is 5.79 Å². The second kappa shape index (κ2) is 7.04. The Labute approximate surface area is 164 Å². The summed E-state index contributed by atoms with van der Waals surface area (Å²) < 4.78 is 5.70. The van der Waals surface area contributed by atoms with E-state index in [9.17, 15) is 9.59 Å². The SMILES string of the molecule is CCN(CC)C(=O)N1CCc2sc3c(c2C1)CN1CC3N([O][Al][CH3])C1=O. The molecule has 0 aromatic carbocycles. The van der Waals surface area contributed by atoms with Gasteiger partial charge in [0.1, 0.15) is 6.04 Å². The number of hydrogen-bond donors (Lipinski definition) is 0. The van der Waals surface area contributed by atoms with Gasteiger partial charge in [0.15, 0.2) is 0 Å². The zero-order chi connectivity index (χ0) is 18.4. The topological polar surface area (TPSA) is 56.3 Å². The number of carbonyl (C=O) groups is 2. The van der Waals surface area contributed by atoms with Crippen LogP contribution in [0.5, 0.6) is 0 Å². The summed E-state index contributed by atoms with van der Waals surface area (Å²) in [4.78, 5) is 33.6. The lowest BCUT2D eigenvalue weighted by atomic mass is 9.98. The molecule has 1 unspecified atom stereocenters. The van der Waals surface area contributed by atoms with Crippen molar-refractivity contribution >= 4 is 39.0 Å². The number of hydrogen-bond acceptors (Lipinski definition) is 4. The van der Waals surface area contributed by atoms with Crippen LogP contribution in [0.1, 0.15) is 40.8 Å². The van der Waals surface area contributed by atoms with Gasteiger partial charge in [-0.1, -0.05) is 5.79 Å². The first-order valence-electron chi connectivity index (χ1n) is 9.28. The fourth-order valence-corrected chi connectivity index (χ4v) is 5.99. The zero-order valence-corrected chi connectivity index (χ0v) is 17.5. The molecule has 4 amide bonds. The molecule has 1 radical (unpaired) electrons. The average Bonchev–Trinajstić information content (AvgIpc) is 3.14. The monoisotopic (exact) mass is 391 g/mol. The summed E-state index contributed by atoms with van der Waals surface area (Å²) in [7, 11) is 0. The number of rotatable bonds is 4. The van der Waals surface area contributed by atoms with E-state index in [1.165, 1.54) is 20.9 Å². The van der Waals surface area contributed by atoms with Gasteiger partial charge in [-0.25, -0.2) is 14.7 Å². The van der Waals surface area contributed by atoms with E-state index in [4.69, 9.17) is 3.89 Å². The fourth-order valence-electron chi connectivity index (χ4n) is 4.14. The average molecular weight is 391 g/mol. The number of hydroxylamine groups is 2. The summed E-state index contributed by atoms with van der Waals surface area (Å²) in [5.74, 6) is 1.99. The highest BCUT2D eigenvalue weighted by atomic mass is 32.1. The minimum absolute atomic E-state index is 0.0150. The first-order chi connectivity index (χ1) is 12.6. The molecule has 0 saturated carbocycles. The van der Waals surface area contributed by atoms with Gasteiger partial charge < -0.3 is 18.6 Å². The van der Waals surface area contributed by atoms with Gasteiger partial charge in [-0.3, -0.25) is 0 Å². The smallest absolute Gasteiger partial charge is 0.411 e. The number of thiophene rings is 1. The number of nitrogens with zero attached hydrogens (tertiary/aromatic N) is 4. The molecule has 0 N–H and O–H groups in total. The van der Waals surface area contributed by atoms with Crippen molar-refractivity contribution in [1.82, 2.24) is 19.8 Å². The Bertz CT molecular complexity index is 736. The van der Waals surface area contributed by atoms with E-state index < -0.39 is 0 Å². The Morgan fingerprint density at radius 2 is 2.08 bits per heavy atom. The molecule has 1 saturated heterocycles. The van der Waals surface area contributed by atoms with Gasteiger partial charge in [0, 0.05) is 42.5 Å². The molecule has 7 nitrogen and oxygen atoms in total. The molecule has 2 bridgehead atoms. The van der Waals surface area contributed by atoms with Crippen molar-refractivity contribution in [3.63, 3.8) is 0 Å². The van der Waals surface area contributed by atoms with Gasteiger partial charge in [-0.15, -0.1) is 11.3 Å². The fraction of sp³-hybridized carbons (Fsp3) is 0.647. The van der Waals surface area contributed by atoms with Crippen molar-refractivity contribution in [2.75, 3.05) is 26.2 Å². The van der Waals surface area contributed by atoms with Crippen molar-refractivity contribution < 1.29 is 13.5 Å². The van der Waals surface area contributed by atoms with Crippen LogP contribution in [-0.2, 0) is 23.4 Å². The Morgan fingerprint density at radius 3 is 2.77 bits per heavy atom. The van der Waals surface area contributed by atoms with Crippen LogP contribution >= 0.6 is 11.3 Å². The van der Waals surface area contributed by atoms with Crippen LogP contribution in [0, 0.1) is 0 Å². The molecule has 0 spiro atoms. The van der Waals surface area contributed by atoms with Crippen molar-refractivity contribution in [3.8, 4) is 0 Å². The van der Waals surface area contributed by atoms with Crippen molar-refractivity contribution in [1.29, 1.82) is 0 Å². The molecule has 4 heterocycles. The molecule has 3 aliphatic heterocycles. The van der Waals surface area contributed by atoms with Gasteiger partial charge in [-0.05, 0) is 31.4 Å². The second-order valence-corrected chi connectivity index (χ2v) is 8.64. The summed E-state index contributed by atoms with van der Waals surface area (Å²) in [5, 5.41) is 1.59. The predicted molar refractivity (Wildman–Crippen MR) is 99.8 cm³/mol. The molecular formula is C17H24AlN4O3S. The van der Waals surface area contributed by atoms with Crippen molar-refractivity contribution in [2.24, 2.45) is 0 Å². The molecule has 1 aromatic rings. The van der Waals surface area contributed by atoms with Crippen molar-refractivity contribution in [2.45, 2.75) is 45.2 Å².